The van der Waals surface area contributed by atoms with Crippen molar-refractivity contribution in [3.8, 4) is 5.75 Å². The first-order valence-corrected chi connectivity index (χ1v) is 8.09. The van der Waals surface area contributed by atoms with Crippen molar-refractivity contribution in [3.05, 3.63) is 57.9 Å². The van der Waals surface area contributed by atoms with Gasteiger partial charge in [0.1, 0.15) is 11.4 Å². The third-order valence-corrected chi connectivity index (χ3v) is 3.92. The van der Waals surface area contributed by atoms with Gasteiger partial charge in [0.15, 0.2) is 0 Å². The third kappa shape index (κ3) is 4.08. The summed E-state index contributed by atoms with van der Waals surface area (Å²) < 4.78 is 18.9. The number of benzene rings is 2. The average Bonchev–Trinajstić information content (AvgIpc) is 2.62. The fourth-order valence-electron chi connectivity index (χ4n) is 2.52. The van der Waals surface area contributed by atoms with E-state index in [0.717, 1.165) is 6.07 Å². The predicted molar refractivity (Wildman–Crippen MR) is 96.6 cm³/mol. The number of carbonyl (C=O) groups excluding carboxylic acids is 1. The van der Waals surface area contributed by atoms with Gasteiger partial charge in [-0.05, 0) is 38.1 Å². The topological polar surface area (TPSA) is 84.7 Å². The molecule has 0 aliphatic heterocycles. The fraction of sp³-hybridized carbons (Fsp3) is 0.278. The van der Waals surface area contributed by atoms with Crippen LogP contribution in [0.25, 0.3) is 0 Å². The second-order valence-corrected chi connectivity index (χ2v) is 5.44. The van der Waals surface area contributed by atoms with Gasteiger partial charge in [0.2, 0.25) is 5.82 Å². The molecule has 1 amide bonds. The monoisotopic (exact) mass is 361 g/mol. The summed E-state index contributed by atoms with van der Waals surface area (Å²) in [7, 11) is 1.35. The number of carbonyl (C=O) groups is 1. The molecular weight excluding hydrogens is 341 g/mol. The molecule has 0 saturated heterocycles. The summed E-state index contributed by atoms with van der Waals surface area (Å²) >= 11 is 0. The number of ether oxygens (including phenoxy) is 1. The molecule has 2 aromatic carbocycles. The van der Waals surface area contributed by atoms with Crippen LogP contribution in [-0.4, -0.2) is 35.9 Å². The van der Waals surface area contributed by atoms with E-state index in [2.05, 4.69) is 5.32 Å². The fourth-order valence-corrected chi connectivity index (χ4v) is 2.52. The first kappa shape index (κ1) is 19.2. The SMILES string of the molecule is CCN(CC)C(=O)c1ccc(Nc2cc(OC)cc(F)c2[N+](=O)[O-])cc1. The van der Waals surface area contributed by atoms with Crippen molar-refractivity contribution in [1.82, 2.24) is 4.90 Å². The number of amides is 1. The Labute approximate surface area is 150 Å². The molecule has 0 aliphatic rings. The van der Waals surface area contributed by atoms with E-state index in [0.29, 0.717) is 24.3 Å². The Hall–Kier alpha value is -3.16. The molecule has 138 valence electrons. The largest absolute Gasteiger partial charge is 0.497 e. The molecule has 0 spiro atoms. The van der Waals surface area contributed by atoms with E-state index in [1.54, 1.807) is 29.2 Å². The first-order chi connectivity index (χ1) is 12.4. The lowest BCUT2D eigenvalue weighted by molar-refractivity contribution is -0.386. The number of nitrogens with one attached hydrogen (secondary N) is 1. The highest BCUT2D eigenvalue weighted by Crippen LogP contribution is 2.34. The summed E-state index contributed by atoms with van der Waals surface area (Å²) in [6, 6.07) is 8.75. The van der Waals surface area contributed by atoms with E-state index in [1.807, 2.05) is 13.8 Å². The zero-order valence-electron chi connectivity index (χ0n) is 14.8. The summed E-state index contributed by atoms with van der Waals surface area (Å²) in [6.07, 6.45) is 0. The second-order valence-electron chi connectivity index (χ2n) is 5.44. The van der Waals surface area contributed by atoms with Crippen molar-refractivity contribution in [3.63, 3.8) is 0 Å². The lowest BCUT2D eigenvalue weighted by Gasteiger charge is -2.18. The van der Waals surface area contributed by atoms with Gasteiger partial charge in [0, 0.05) is 36.5 Å². The molecule has 0 atom stereocenters. The number of hydrogen-bond donors (Lipinski definition) is 1. The van der Waals surface area contributed by atoms with Gasteiger partial charge in [-0.1, -0.05) is 0 Å². The molecule has 1 N–H and O–H groups in total. The molecule has 8 heteroatoms. The Morgan fingerprint density at radius 2 is 1.85 bits per heavy atom. The predicted octanol–water partition coefficient (Wildman–Crippen LogP) is 3.97. The highest BCUT2D eigenvalue weighted by atomic mass is 19.1. The minimum Gasteiger partial charge on any atom is -0.497 e. The number of rotatable bonds is 7. The summed E-state index contributed by atoms with van der Waals surface area (Å²) in [5.41, 5.74) is 0.284. The molecule has 0 saturated carbocycles. The lowest BCUT2D eigenvalue weighted by Crippen LogP contribution is -2.30. The van der Waals surface area contributed by atoms with Crippen molar-refractivity contribution in [1.29, 1.82) is 0 Å². The maximum atomic E-state index is 14.0. The van der Waals surface area contributed by atoms with Gasteiger partial charge in [0.25, 0.3) is 5.91 Å². The Kier molecular flexibility index (Phi) is 6.11. The van der Waals surface area contributed by atoms with E-state index in [1.165, 1.54) is 13.2 Å². The summed E-state index contributed by atoms with van der Waals surface area (Å²) in [6.45, 7) is 5.00. The van der Waals surface area contributed by atoms with Gasteiger partial charge in [-0.3, -0.25) is 14.9 Å². The molecule has 0 aliphatic carbocycles. The normalized spacial score (nSPS) is 10.3. The number of halogens is 1. The van der Waals surface area contributed by atoms with Crippen molar-refractivity contribution < 1.29 is 18.8 Å². The number of nitro groups is 1. The van der Waals surface area contributed by atoms with E-state index in [4.69, 9.17) is 4.74 Å². The highest BCUT2D eigenvalue weighted by Gasteiger charge is 2.22. The molecule has 0 fully saturated rings. The number of methoxy groups -OCH3 is 1. The van der Waals surface area contributed by atoms with Crippen LogP contribution in [0.15, 0.2) is 36.4 Å². The van der Waals surface area contributed by atoms with Crippen LogP contribution in [0, 0.1) is 15.9 Å². The van der Waals surface area contributed by atoms with Crippen molar-refractivity contribution in [2.45, 2.75) is 13.8 Å². The Morgan fingerprint density at radius 3 is 2.35 bits per heavy atom. The van der Waals surface area contributed by atoms with Crippen molar-refractivity contribution in [2.24, 2.45) is 0 Å². The molecule has 0 heterocycles. The Balaban J connectivity index is 2.31. The number of anilines is 2. The van der Waals surface area contributed by atoms with Crippen LogP contribution in [0.5, 0.6) is 5.75 Å². The van der Waals surface area contributed by atoms with Gasteiger partial charge >= 0.3 is 5.69 Å². The molecule has 26 heavy (non-hydrogen) atoms. The van der Waals surface area contributed by atoms with Gasteiger partial charge in [0.05, 0.1) is 12.0 Å². The van der Waals surface area contributed by atoms with Crippen LogP contribution in [0.4, 0.5) is 21.5 Å². The number of hydrogen-bond acceptors (Lipinski definition) is 5. The maximum Gasteiger partial charge on any atom is 0.328 e. The Bertz CT molecular complexity index is 805. The smallest absolute Gasteiger partial charge is 0.328 e. The van der Waals surface area contributed by atoms with E-state index in [9.17, 15) is 19.3 Å². The standard InChI is InChI=1S/C18H20FN3O4/c1-4-21(5-2)18(23)12-6-8-13(9-7-12)20-16-11-14(26-3)10-15(19)17(16)22(24)25/h6-11,20H,4-5H2,1-3H3. The molecule has 0 unspecified atom stereocenters. The van der Waals surface area contributed by atoms with Crippen molar-refractivity contribution >= 4 is 23.0 Å². The zero-order valence-corrected chi connectivity index (χ0v) is 14.8. The molecule has 2 aromatic rings. The van der Waals surface area contributed by atoms with Crippen LogP contribution in [-0.2, 0) is 0 Å². The first-order valence-electron chi connectivity index (χ1n) is 8.09. The third-order valence-electron chi connectivity index (χ3n) is 3.92. The molecular formula is C18H20FN3O4. The molecule has 0 bridgehead atoms. The van der Waals surface area contributed by atoms with Crippen LogP contribution < -0.4 is 10.1 Å². The highest BCUT2D eigenvalue weighted by molar-refractivity contribution is 5.94. The number of nitro benzene ring substituents is 1. The summed E-state index contributed by atoms with van der Waals surface area (Å²) in [5, 5.41) is 14.0. The molecule has 7 nitrogen and oxygen atoms in total. The van der Waals surface area contributed by atoms with E-state index < -0.39 is 16.4 Å². The van der Waals surface area contributed by atoms with E-state index >= 15 is 0 Å². The van der Waals surface area contributed by atoms with E-state index in [-0.39, 0.29) is 17.3 Å². The summed E-state index contributed by atoms with van der Waals surface area (Å²) in [4.78, 5) is 24.3. The second kappa shape index (κ2) is 8.28. The number of nitrogens with zero attached hydrogens (tertiary/aromatic N) is 2. The minimum atomic E-state index is -0.995. The van der Waals surface area contributed by atoms with Crippen LogP contribution >= 0.6 is 0 Å². The van der Waals surface area contributed by atoms with Crippen molar-refractivity contribution in [2.75, 3.05) is 25.5 Å². The minimum absolute atomic E-state index is 0.0327. The molecule has 0 aromatic heterocycles. The van der Waals surface area contributed by atoms with Crippen LogP contribution in [0.1, 0.15) is 24.2 Å². The Morgan fingerprint density at radius 1 is 1.23 bits per heavy atom. The molecule has 2 rings (SSSR count). The lowest BCUT2D eigenvalue weighted by atomic mass is 10.1. The summed E-state index contributed by atoms with van der Waals surface area (Å²) in [5.74, 6) is -0.936. The average molecular weight is 361 g/mol. The maximum absolute atomic E-state index is 14.0. The van der Waals surface area contributed by atoms with Gasteiger partial charge in [-0.2, -0.15) is 4.39 Å². The zero-order chi connectivity index (χ0) is 19.3. The van der Waals surface area contributed by atoms with Crippen LogP contribution in [0.3, 0.4) is 0 Å². The van der Waals surface area contributed by atoms with Gasteiger partial charge in [-0.15, -0.1) is 0 Å². The molecule has 0 radical (unpaired) electrons. The van der Waals surface area contributed by atoms with Gasteiger partial charge < -0.3 is 15.0 Å². The van der Waals surface area contributed by atoms with Crippen LogP contribution in [0.2, 0.25) is 0 Å². The quantitative estimate of drug-likeness (QED) is 0.596. The van der Waals surface area contributed by atoms with Gasteiger partial charge in [-0.25, -0.2) is 0 Å².